The fourth-order valence-corrected chi connectivity index (χ4v) is 1.62. The van der Waals surface area contributed by atoms with Crippen molar-refractivity contribution in [2.75, 3.05) is 11.9 Å². The maximum absolute atomic E-state index is 11.8. The second kappa shape index (κ2) is 7.44. The van der Waals surface area contributed by atoms with E-state index in [1.54, 1.807) is 20.8 Å². The summed E-state index contributed by atoms with van der Waals surface area (Å²) < 4.78 is 4.95. The summed E-state index contributed by atoms with van der Waals surface area (Å²) >= 11 is 0. The van der Waals surface area contributed by atoms with Gasteiger partial charge in [0.1, 0.15) is 12.1 Å². The second-order valence-corrected chi connectivity index (χ2v) is 5.81. The average Bonchev–Trinajstić information content (AvgIpc) is 2.42. The molecule has 0 aliphatic heterocycles. The monoisotopic (exact) mass is 338 g/mol. The number of carbonyl (C=O) groups excluding carboxylic acids is 2. The minimum Gasteiger partial charge on any atom is -0.478 e. The number of hydrogen-bond acceptors (Lipinski definition) is 5. The maximum atomic E-state index is 11.8. The van der Waals surface area contributed by atoms with Crippen molar-refractivity contribution in [3.05, 3.63) is 29.3 Å². The molecule has 0 spiro atoms. The molecule has 0 heterocycles. The van der Waals surface area contributed by atoms with E-state index < -0.39 is 36.1 Å². The van der Waals surface area contributed by atoms with Crippen molar-refractivity contribution in [2.45, 2.75) is 26.4 Å². The van der Waals surface area contributed by atoms with Gasteiger partial charge in [0.2, 0.25) is 5.91 Å². The summed E-state index contributed by atoms with van der Waals surface area (Å²) in [5, 5.41) is 22.5. The first-order chi connectivity index (χ1) is 11.0. The largest absolute Gasteiger partial charge is 0.478 e. The SMILES string of the molecule is CC(C)(C)OC(=O)NCC(=O)Nc1cc(C(=O)O)cc(C(=O)O)c1. The standard InChI is InChI=1S/C15H18N2O7/c1-15(2,3)24-14(23)16-7-11(18)17-10-5-8(12(19)20)4-9(6-10)13(21)22/h4-6H,7H2,1-3H3,(H,16,23)(H,17,18)(H,19,20)(H,21,22). The number of carboxylic acids is 2. The van der Waals surface area contributed by atoms with Crippen LogP contribution in [-0.2, 0) is 9.53 Å². The molecule has 0 saturated carbocycles. The van der Waals surface area contributed by atoms with E-state index in [1.807, 2.05) is 0 Å². The summed E-state index contributed by atoms with van der Waals surface area (Å²) in [5.74, 6) is -3.33. The third-order valence-corrected chi connectivity index (χ3v) is 2.50. The molecule has 0 fully saturated rings. The van der Waals surface area contributed by atoms with Crippen LogP contribution in [0.25, 0.3) is 0 Å². The van der Waals surface area contributed by atoms with Gasteiger partial charge in [0.05, 0.1) is 11.1 Å². The third kappa shape index (κ3) is 6.34. The fraction of sp³-hybridized carbons (Fsp3) is 0.333. The Balaban J connectivity index is 2.75. The summed E-state index contributed by atoms with van der Waals surface area (Å²) in [6.07, 6.45) is -0.789. The van der Waals surface area contributed by atoms with Gasteiger partial charge in [0, 0.05) is 5.69 Å². The Kier molecular flexibility index (Phi) is 5.88. The molecule has 0 saturated heterocycles. The number of alkyl carbamates (subject to hydrolysis) is 1. The van der Waals surface area contributed by atoms with Gasteiger partial charge in [-0.2, -0.15) is 0 Å². The Labute approximate surface area is 137 Å². The van der Waals surface area contributed by atoms with E-state index in [-0.39, 0.29) is 16.8 Å². The molecule has 1 aromatic rings. The fourth-order valence-electron chi connectivity index (χ4n) is 1.62. The highest BCUT2D eigenvalue weighted by Gasteiger charge is 2.17. The van der Waals surface area contributed by atoms with Gasteiger partial charge in [-0.1, -0.05) is 0 Å². The number of nitrogens with one attached hydrogen (secondary N) is 2. The van der Waals surface area contributed by atoms with E-state index in [4.69, 9.17) is 14.9 Å². The number of carbonyl (C=O) groups is 4. The number of amides is 2. The van der Waals surface area contributed by atoms with Crippen molar-refractivity contribution in [3.8, 4) is 0 Å². The zero-order valence-corrected chi connectivity index (χ0v) is 13.4. The van der Waals surface area contributed by atoms with Gasteiger partial charge in [-0.25, -0.2) is 14.4 Å². The van der Waals surface area contributed by atoms with Crippen molar-refractivity contribution in [2.24, 2.45) is 0 Å². The highest BCUT2D eigenvalue weighted by molar-refractivity contribution is 5.99. The first-order valence-electron chi connectivity index (χ1n) is 6.86. The molecular weight excluding hydrogens is 320 g/mol. The lowest BCUT2D eigenvalue weighted by Crippen LogP contribution is -2.37. The minimum atomic E-state index is -1.33. The molecule has 0 aliphatic rings. The zero-order valence-electron chi connectivity index (χ0n) is 13.4. The quantitative estimate of drug-likeness (QED) is 0.638. The number of hydrogen-bond donors (Lipinski definition) is 4. The van der Waals surface area contributed by atoms with Crippen LogP contribution in [0, 0.1) is 0 Å². The Morgan fingerprint density at radius 1 is 1.00 bits per heavy atom. The molecule has 9 nitrogen and oxygen atoms in total. The highest BCUT2D eigenvalue weighted by Crippen LogP contribution is 2.15. The van der Waals surface area contributed by atoms with Crippen molar-refractivity contribution in [1.29, 1.82) is 0 Å². The van der Waals surface area contributed by atoms with E-state index in [0.29, 0.717) is 0 Å². The molecule has 130 valence electrons. The molecule has 0 atom stereocenters. The van der Waals surface area contributed by atoms with Gasteiger partial charge in [-0.15, -0.1) is 0 Å². The summed E-state index contributed by atoms with van der Waals surface area (Å²) in [6, 6.07) is 3.19. The average molecular weight is 338 g/mol. The van der Waals surface area contributed by atoms with Gasteiger partial charge in [-0.05, 0) is 39.0 Å². The number of ether oxygens (including phenoxy) is 1. The van der Waals surface area contributed by atoms with Gasteiger partial charge >= 0.3 is 18.0 Å². The van der Waals surface area contributed by atoms with E-state index >= 15 is 0 Å². The van der Waals surface area contributed by atoms with Crippen molar-refractivity contribution in [1.82, 2.24) is 5.32 Å². The molecule has 4 N–H and O–H groups in total. The molecule has 0 radical (unpaired) electrons. The Morgan fingerprint density at radius 2 is 1.50 bits per heavy atom. The van der Waals surface area contributed by atoms with E-state index in [0.717, 1.165) is 18.2 Å². The lowest BCUT2D eigenvalue weighted by molar-refractivity contribution is -0.115. The number of anilines is 1. The first-order valence-corrected chi connectivity index (χ1v) is 6.86. The summed E-state index contributed by atoms with van der Waals surface area (Å²) in [6.45, 7) is 4.57. The number of aromatic carboxylic acids is 2. The molecule has 0 aromatic heterocycles. The van der Waals surface area contributed by atoms with Crippen molar-refractivity contribution < 1.29 is 34.1 Å². The van der Waals surface area contributed by atoms with Crippen LogP contribution in [0.1, 0.15) is 41.5 Å². The van der Waals surface area contributed by atoms with Gasteiger partial charge < -0.3 is 25.6 Å². The normalized spacial score (nSPS) is 10.6. The van der Waals surface area contributed by atoms with Crippen LogP contribution >= 0.6 is 0 Å². The minimum absolute atomic E-state index is 0.0108. The predicted molar refractivity (Wildman–Crippen MR) is 83.2 cm³/mol. The van der Waals surface area contributed by atoms with Gasteiger partial charge in [0.15, 0.2) is 0 Å². The van der Waals surface area contributed by atoms with Gasteiger partial charge in [-0.3, -0.25) is 4.79 Å². The predicted octanol–water partition coefficient (Wildman–Crippen LogP) is 1.55. The molecule has 1 aromatic carbocycles. The van der Waals surface area contributed by atoms with Crippen LogP contribution in [-0.4, -0.2) is 46.3 Å². The Hall–Kier alpha value is -3.10. The smallest absolute Gasteiger partial charge is 0.408 e. The van der Waals surface area contributed by atoms with Crippen LogP contribution in [0.15, 0.2) is 18.2 Å². The molecule has 0 unspecified atom stereocenters. The zero-order chi connectivity index (χ0) is 18.5. The molecular formula is C15H18N2O7. The maximum Gasteiger partial charge on any atom is 0.408 e. The molecule has 2 amide bonds. The number of carboxylic acid groups (broad SMARTS) is 2. The lowest BCUT2D eigenvalue weighted by atomic mass is 10.1. The summed E-state index contributed by atoms with van der Waals surface area (Å²) in [4.78, 5) is 45.2. The first kappa shape index (κ1) is 18.9. The molecule has 24 heavy (non-hydrogen) atoms. The Bertz CT molecular complexity index is 645. The number of benzene rings is 1. The molecule has 0 bridgehead atoms. The van der Waals surface area contributed by atoms with Crippen LogP contribution in [0.2, 0.25) is 0 Å². The van der Waals surface area contributed by atoms with Crippen molar-refractivity contribution in [3.63, 3.8) is 0 Å². The van der Waals surface area contributed by atoms with Gasteiger partial charge in [0.25, 0.3) is 0 Å². The summed E-state index contributed by atoms with van der Waals surface area (Å²) in [7, 11) is 0. The van der Waals surface area contributed by atoms with Crippen molar-refractivity contribution >= 4 is 29.6 Å². The van der Waals surface area contributed by atoms with Crippen LogP contribution in [0.4, 0.5) is 10.5 Å². The second-order valence-electron chi connectivity index (χ2n) is 5.81. The van der Waals surface area contributed by atoms with E-state index in [2.05, 4.69) is 10.6 Å². The van der Waals surface area contributed by atoms with Crippen LogP contribution in [0.5, 0.6) is 0 Å². The van der Waals surface area contributed by atoms with Crippen LogP contribution < -0.4 is 10.6 Å². The van der Waals surface area contributed by atoms with E-state index in [1.165, 1.54) is 0 Å². The molecule has 1 rings (SSSR count). The number of rotatable bonds is 5. The molecule has 0 aliphatic carbocycles. The Morgan fingerprint density at radius 3 is 1.92 bits per heavy atom. The lowest BCUT2D eigenvalue weighted by Gasteiger charge is -2.19. The third-order valence-electron chi connectivity index (χ3n) is 2.50. The summed E-state index contributed by atoms with van der Waals surface area (Å²) in [5.41, 5.74) is -1.30. The van der Waals surface area contributed by atoms with E-state index in [9.17, 15) is 19.2 Å². The topological polar surface area (TPSA) is 142 Å². The highest BCUT2D eigenvalue weighted by atomic mass is 16.6. The molecule has 9 heteroatoms. The van der Waals surface area contributed by atoms with Crippen LogP contribution in [0.3, 0.4) is 0 Å².